The first-order valence-electron chi connectivity index (χ1n) is 9.98. The summed E-state index contributed by atoms with van der Waals surface area (Å²) in [5, 5.41) is 11.1. The molecule has 28 heavy (non-hydrogen) atoms. The molecule has 0 aromatic carbocycles. The van der Waals surface area contributed by atoms with Gasteiger partial charge in [-0.3, -0.25) is 4.84 Å². The minimum Gasteiger partial charge on any atom is -0.479 e. The Morgan fingerprint density at radius 3 is 2.29 bits per heavy atom. The van der Waals surface area contributed by atoms with Crippen LogP contribution in [0.15, 0.2) is 0 Å². The van der Waals surface area contributed by atoms with Crippen LogP contribution in [0.1, 0.15) is 48.0 Å². The lowest BCUT2D eigenvalue weighted by atomic mass is 9.98. The Labute approximate surface area is 165 Å². The normalized spacial score (nSPS) is 45.0. The molecule has 4 aliphatic heterocycles. The summed E-state index contributed by atoms with van der Waals surface area (Å²) < 4.78 is 30.4. The Kier molecular flexibility index (Phi) is 5.02. The maximum atomic E-state index is 11.5. The highest BCUT2D eigenvalue weighted by atomic mass is 16.8. The van der Waals surface area contributed by atoms with Crippen LogP contribution in [0.25, 0.3) is 0 Å². The standard InChI is InChI=1S/C19H31NO8/c1-9(2)10-7-11(17(21)22)28-20(10)16-15-14(26-19(5,6)27-15)13(24-16)12-8-23-18(3,4)25-12/h9-16H,7-8H2,1-6H3,(H,21,22)/t10-,11-,12-,13+,14+,15?,16-/m1/s1. The topological polar surface area (TPSA) is 95.9 Å². The van der Waals surface area contributed by atoms with E-state index in [9.17, 15) is 9.90 Å². The molecule has 0 bridgehead atoms. The second kappa shape index (κ2) is 6.87. The maximum Gasteiger partial charge on any atom is 0.335 e. The van der Waals surface area contributed by atoms with Crippen LogP contribution in [0.2, 0.25) is 0 Å². The van der Waals surface area contributed by atoms with Gasteiger partial charge in [-0.05, 0) is 33.6 Å². The number of hydrogen-bond acceptors (Lipinski definition) is 8. The van der Waals surface area contributed by atoms with Crippen molar-refractivity contribution in [2.75, 3.05) is 6.61 Å². The first-order chi connectivity index (χ1) is 13.0. The molecule has 0 radical (unpaired) electrons. The molecule has 9 heteroatoms. The second-order valence-corrected chi connectivity index (χ2v) is 9.26. The monoisotopic (exact) mass is 401 g/mol. The van der Waals surface area contributed by atoms with Crippen molar-refractivity contribution >= 4 is 5.97 Å². The molecule has 0 saturated carbocycles. The van der Waals surface area contributed by atoms with Crippen molar-refractivity contribution in [2.24, 2.45) is 5.92 Å². The first-order valence-corrected chi connectivity index (χ1v) is 9.98. The van der Waals surface area contributed by atoms with E-state index >= 15 is 0 Å². The van der Waals surface area contributed by atoms with Crippen molar-refractivity contribution in [3.8, 4) is 0 Å². The van der Waals surface area contributed by atoms with Gasteiger partial charge in [-0.1, -0.05) is 13.8 Å². The van der Waals surface area contributed by atoms with Crippen LogP contribution in [0.4, 0.5) is 0 Å². The Hall–Kier alpha value is -0.810. The highest BCUT2D eigenvalue weighted by Gasteiger charge is 2.62. The van der Waals surface area contributed by atoms with Gasteiger partial charge in [0.15, 0.2) is 23.9 Å². The van der Waals surface area contributed by atoms with Crippen molar-refractivity contribution in [1.29, 1.82) is 0 Å². The molecule has 7 atom stereocenters. The van der Waals surface area contributed by atoms with E-state index in [1.54, 1.807) is 5.06 Å². The molecule has 0 aliphatic carbocycles. The zero-order valence-electron chi connectivity index (χ0n) is 17.3. The number of carboxylic acid groups (broad SMARTS) is 1. The van der Waals surface area contributed by atoms with Crippen LogP contribution in [0.5, 0.6) is 0 Å². The molecule has 0 amide bonds. The van der Waals surface area contributed by atoms with Crippen molar-refractivity contribution in [3.05, 3.63) is 0 Å². The molecule has 4 fully saturated rings. The Bertz CT molecular complexity index is 623. The number of carbonyl (C=O) groups is 1. The Balaban J connectivity index is 1.59. The Morgan fingerprint density at radius 1 is 1.04 bits per heavy atom. The SMILES string of the molecule is CC(C)[C@H]1C[C@H](C(=O)O)ON1[C@@H]1O[C@@H]([C@H]2COC(C)(C)O2)[C@@H]2OC(C)(C)OC21. The third kappa shape index (κ3) is 3.58. The van der Waals surface area contributed by atoms with E-state index in [0.29, 0.717) is 13.0 Å². The van der Waals surface area contributed by atoms with Gasteiger partial charge in [-0.15, -0.1) is 0 Å². The fraction of sp³-hybridized carbons (Fsp3) is 0.947. The molecular formula is C19H31NO8. The molecule has 1 N–H and O–H groups in total. The minimum atomic E-state index is -0.975. The summed E-state index contributed by atoms with van der Waals surface area (Å²) >= 11 is 0. The van der Waals surface area contributed by atoms with Gasteiger partial charge in [0.1, 0.15) is 24.4 Å². The van der Waals surface area contributed by atoms with Crippen molar-refractivity contribution < 1.29 is 38.4 Å². The molecule has 4 aliphatic rings. The number of hydrogen-bond donors (Lipinski definition) is 1. The summed E-state index contributed by atoms with van der Waals surface area (Å²) in [5.41, 5.74) is 0. The largest absolute Gasteiger partial charge is 0.479 e. The summed E-state index contributed by atoms with van der Waals surface area (Å²) in [6.45, 7) is 11.9. The fourth-order valence-electron chi connectivity index (χ4n) is 4.54. The lowest BCUT2D eigenvalue weighted by molar-refractivity contribution is -0.293. The van der Waals surface area contributed by atoms with Crippen molar-refractivity contribution in [1.82, 2.24) is 5.06 Å². The van der Waals surface area contributed by atoms with E-state index < -0.39 is 42.1 Å². The van der Waals surface area contributed by atoms with E-state index in [-0.39, 0.29) is 24.2 Å². The summed E-state index contributed by atoms with van der Waals surface area (Å²) in [7, 11) is 0. The van der Waals surface area contributed by atoms with Gasteiger partial charge < -0.3 is 28.8 Å². The number of hydroxylamine groups is 2. The van der Waals surface area contributed by atoms with E-state index in [1.807, 2.05) is 41.5 Å². The van der Waals surface area contributed by atoms with Crippen LogP contribution in [-0.4, -0.2) is 77.1 Å². The summed E-state index contributed by atoms with van der Waals surface area (Å²) in [6.07, 6.45) is -2.56. The molecule has 9 nitrogen and oxygen atoms in total. The van der Waals surface area contributed by atoms with Gasteiger partial charge in [-0.25, -0.2) is 4.79 Å². The van der Waals surface area contributed by atoms with Crippen molar-refractivity contribution in [3.63, 3.8) is 0 Å². The molecule has 4 rings (SSSR count). The fourth-order valence-corrected chi connectivity index (χ4v) is 4.54. The second-order valence-electron chi connectivity index (χ2n) is 9.26. The number of fused-ring (bicyclic) bond motifs is 1. The number of carboxylic acids is 1. The van der Waals surface area contributed by atoms with Gasteiger partial charge >= 0.3 is 5.97 Å². The van der Waals surface area contributed by atoms with Crippen LogP contribution in [0, 0.1) is 5.92 Å². The average Bonchev–Trinajstić information content (AvgIpc) is 3.28. The molecule has 0 aromatic rings. The summed E-state index contributed by atoms with van der Waals surface area (Å²) in [6, 6.07) is -0.102. The quantitative estimate of drug-likeness (QED) is 0.752. The molecule has 160 valence electrons. The van der Waals surface area contributed by atoms with E-state index in [4.69, 9.17) is 28.5 Å². The molecule has 0 aromatic heterocycles. The number of aliphatic carboxylic acids is 1. The smallest absolute Gasteiger partial charge is 0.335 e. The number of ether oxygens (including phenoxy) is 5. The minimum absolute atomic E-state index is 0.102. The van der Waals surface area contributed by atoms with E-state index in [1.165, 1.54) is 0 Å². The Morgan fingerprint density at radius 2 is 1.71 bits per heavy atom. The van der Waals surface area contributed by atoms with Crippen LogP contribution in [-0.2, 0) is 33.3 Å². The zero-order chi connectivity index (χ0) is 20.4. The molecule has 0 spiro atoms. The highest BCUT2D eigenvalue weighted by Crippen LogP contribution is 2.45. The van der Waals surface area contributed by atoms with Gasteiger partial charge in [-0.2, -0.15) is 5.06 Å². The van der Waals surface area contributed by atoms with Crippen LogP contribution in [0.3, 0.4) is 0 Å². The highest BCUT2D eigenvalue weighted by molar-refractivity contribution is 5.72. The zero-order valence-corrected chi connectivity index (χ0v) is 17.3. The predicted molar refractivity (Wildman–Crippen MR) is 95.0 cm³/mol. The van der Waals surface area contributed by atoms with Gasteiger partial charge in [0.25, 0.3) is 0 Å². The number of rotatable bonds is 4. The van der Waals surface area contributed by atoms with Crippen LogP contribution >= 0.6 is 0 Å². The summed E-state index contributed by atoms with van der Waals surface area (Å²) in [4.78, 5) is 17.3. The molecule has 4 saturated heterocycles. The predicted octanol–water partition coefficient (Wildman–Crippen LogP) is 1.50. The third-order valence-electron chi connectivity index (χ3n) is 5.79. The number of nitrogens with zero attached hydrogens (tertiary/aromatic N) is 1. The summed E-state index contributed by atoms with van der Waals surface area (Å²) in [5.74, 6) is -2.25. The van der Waals surface area contributed by atoms with Crippen molar-refractivity contribution in [2.45, 2.75) is 102 Å². The van der Waals surface area contributed by atoms with Gasteiger partial charge in [0.05, 0.1) is 6.61 Å². The molecule has 1 unspecified atom stereocenters. The first kappa shape index (κ1) is 20.5. The third-order valence-corrected chi connectivity index (χ3v) is 5.79. The van der Waals surface area contributed by atoms with E-state index in [2.05, 4.69) is 0 Å². The van der Waals surface area contributed by atoms with Gasteiger partial charge in [0.2, 0.25) is 0 Å². The lowest BCUT2D eigenvalue weighted by Gasteiger charge is -2.33. The lowest BCUT2D eigenvalue weighted by Crippen LogP contribution is -2.47. The average molecular weight is 401 g/mol. The molecule has 4 heterocycles. The van der Waals surface area contributed by atoms with Crippen LogP contribution < -0.4 is 0 Å². The van der Waals surface area contributed by atoms with E-state index in [0.717, 1.165) is 0 Å². The van der Waals surface area contributed by atoms with Gasteiger partial charge in [0, 0.05) is 12.5 Å². The maximum absolute atomic E-state index is 11.5. The molecular weight excluding hydrogens is 370 g/mol.